The zero-order valence-electron chi connectivity index (χ0n) is 15.6. The molecule has 1 rings (SSSR count). The molecule has 0 aromatic heterocycles. The standard InChI is InChI=1S/C20H33ClO4/c1-3-5-11-20(12-6-4-2,17-24-16-15-23-14-13-22)25-19-10-8-7-9-18(19)21/h7-10,22H,3-6,11-17H2,1-2H3. The van der Waals surface area contributed by atoms with Crippen molar-refractivity contribution in [2.75, 3.05) is 33.0 Å². The Bertz CT molecular complexity index is 445. The van der Waals surface area contributed by atoms with Gasteiger partial charge in [-0.3, -0.25) is 0 Å². The lowest BCUT2D eigenvalue weighted by molar-refractivity contribution is -0.0548. The van der Waals surface area contributed by atoms with Gasteiger partial charge in [0.15, 0.2) is 0 Å². The predicted molar refractivity (Wildman–Crippen MR) is 103 cm³/mol. The highest BCUT2D eigenvalue weighted by Gasteiger charge is 2.32. The molecule has 0 heterocycles. The summed E-state index contributed by atoms with van der Waals surface area (Å²) in [5, 5.41) is 9.37. The summed E-state index contributed by atoms with van der Waals surface area (Å²) in [5.74, 6) is 0.719. The van der Waals surface area contributed by atoms with E-state index in [-0.39, 0.29) is 12.2 Å². The molecule has 5 heteroatoms. The number of hydrogen-bond acceptors (Lipinski definition) is 4. The van der Waals surface area contributed by atoms with Crippen molar-refractivity contribution in [2.24, 2.45) is 0 Å². The number of halogens is 1. The molecule has 0 aliphatic rings. The lowest BCUT2D eigenvalue weighted by Crippen LogP contribution is -2.41. The number of ether oxygens (including phenoxy) is 3. The van der Waals surface area contributed by atoms with Crippen LogP contribution in [0.5, 0.6) is 5.75 Å². The molecule has 0 radical (unpaired) electrons. The number of rotatable bonds is 15. The Morgan fingerprint density at radius 2 is 1.60 bits per heavy atom. The second-order valence-electron chi connectivity index (χ2n) is 6.31. The van der Waals surface area contributed by atoms with Crippen molar-refractivity contribution in [3.05, 3.63) is 29.3 Å². The number of benzene rings is 1. The quantitative estimate of drug-likeness (QED) is 0.446. The van der Waals surface area contributed by atoms with E-state index in [9.17, 15) is 0 Å². The minimum absolute atomic E-state index is 0.0343. The molecular weight excluding hydrogens is 340 g/mol. The van der Waals surface area contributed by atoms with E-state index in [1.807, 2.05) is 24.3 Å². The molecule has 1 aromatic rings. The lowest BCUT2D eigenvalue weighted by Gasteiger charge is -2.35. The SMILES string of the molecule is CCCCC(CCCC)(COCCOCCO)Oc1ccccc1Cl. The van der Waals surface area contributed by atoms with Crippen LogP contribution in [0.15, 0.2) is 24.3 Å². The molecular formula is C20H33ClO4. The average molecular weight is 373 g/mol. The largest absolute Gasteiger partial charge is 0.483 e. The minimum Gasteiger partial charge on any atom is -0.483 e. The number of unbranched alkanes of at least 4 members (excludes halogenated alkanes) is 2. The van der Waals surface area contributed by atoms with E-state index in [2.05, 4.69) is 13.8 Å². The van der Waals surface area contributed by atoms with Crippen molar-refractivity contribution in [2.45, 2.75) is 58.0 Å². The van der Waals surface area contributed by atoms with Crippen LogP contribution in [0.3, 0.4) is 0 Å². The average Bonchev–Trinajstić information content (AvgIpc) is 2.63. The second-order valence-corrected chi connectivity index (χ2v) is 6.72. The van der Waals surface area contributed by atoms with Gasteiger partial charge in [-0.05, 0) is 37.8 Å². The molecule has 0 spiro atoms. The highest BCUT2D eigenvalue weighted by Crippen LogP contribution is 2.33. The molecule has 0 aliphatic heterocycles. The molecule has 0 unspecified atom stereocenters. The summed E-state index contributed by atoms with van der Waals surface area (Å²) in [6, 6.07) is 7.61. The summed E-state index contributed by atoms with van der Waals surface area (Å²) in [4.78, 5) is 0. The van der Waals surface area contributed by atoms with E-state index in [0.717, 1.165) is 44.3 Å². The smallest absolute Gasteiger partial charge is 0.138 e. The van der Waals surface area contributed by atoms with Crippen LogP contribution in [0.1, 0.15) is 52.4 Å². The molecule has 0 atom stereocenters. The predicted octanol–water partition coefficient (Wildman–Crippen LogP) is 4.86. The molecule has 1 N–H and O–H groups in total. The van der Waals surface area contributed by atoms with Gasteiger partial charge < -0.3 is 19.3 Å². The van der Waals surface area contributed by atoms with Gasteiger partial charge in [-0.15, -0.1) is 0 Å². The van der Waals surface area contributed by atoms with Crippen LogP contribution in [-0.4, -0.2) is 43.7 Å². The molecule has 0 amide bonds. The summed E-state index contributed by atoms with van der Waals surface area (Å²) < 4.78 is 17.6. The maximum Gasteiger partial charge on any atom is 0.138 e. The van der Waals surface area contributed by atoms with Gasteiger partial charge in [0.05, 0.1) is 38.1 Å². The summed E-state index contributed by atoms with van der Waals surface area (Å²) in [6.45, 7) is 6.23. The summed E-state index contributed by atoms with van der Waals surface area (Å²) >= 11 is 6.31. The number of aliphatic hydroxyl groups excluding tert-OH is 1. The van der Waals surface area contributed by atoms with Crippen LogP contribution >= 0.6 is 11.6 Å². The molecule has 0 saturated heterocycles. The van der Waals surface area contributed by atoms with E-state index < -0.39 is 0 Å². The van der Waals surface area contributed by atoms with Crippen molar-refractivity contribution in [3.8, 4) is 5.75 Å². The topological polar surface area (TPSA) is 47.9 Å². The number of para-hydroxylation sites is 1. The molecule has 144 valence electrons. The van der Waals surface area contributed by atoms with Gasteiger partial charge in [-0.1, -0.05) is 50.4 Å². The van der Waals surface area contributed by atoms with E-state index in [0.29, 0.717) is 31.5 Å². The van der Waals surface area contributed by atoms with Crippen molar-refractivity contribution in [1.29, 1.82) is 0 Å². The van der Waals surface area contributed by atoms with Crippen molar-refractivity contribution < 1.29 is 19.3 Å². The molecule has 0 saturated carbocycles. The first-order valence-electron chi connectivity index (χ1n) is 9.37. The maximum atomic E-state index is 8.74. The molecule has 0 fully saturated rings. The maximum absolute atomic E-state index is 8.74. The van der Waals surface area contributed by atoms with Crippen LogP contribution in [0.25, 0.3) is 0 Å². The Morgan fingerprint density at radius 1 is 0.960 bits per heavy atom. The van der Waals surface area contributed by atoms with Crippen molar-refractivity contribution in [3.63, 3.8) is 0 Å². The Morgan fingerprint density at radius 3 is 2.20 bits per heavy atom. The van der Waals surface area contributed by atoms with Gasteiger partial charge in [0, 0.05) is 0 Å². The van der Waals surface area contributed by atoms with Crippen LogP contribution in [-0.2, 0) is 9.47 Å². The number of aliphatic hydroxyl groups is 1. The van der Waals surface area contributed by atoms with Gasteiger partial charge in [0.25, 0.3) is 0 Å². The third-order valence-electron chi connectivity index (χ3n) is 4.11. The van der Waals surface area contributed by atoms with E-state index in [1.165, 1.54) is 0 Å². The third kappa shape index (κ3) is 8.91. The summed E-state index contributed by atoms with van der Waals surface area (Å²) in [5.41, 5.74) is -0.367. The summed E-state index contributed by atoms with van der Waals surface area (Å²) in [7, 11) is 0. The third-order valence-corrected chi connectivity index (χ3v) is 4.42. The van der Waals surface area contributed by atoms with Gasteiger partial charge in [0.1, 0.15) is 11.4 Å². The Labute approximate surface area is 157 Å². The second kappa shape index (κ2) is 13.4. The molecule has 25 heavy (non-hydrogen) atoms. The lowest BCUT2D eigenvalue weighted by atomic mass is 9.91. The summed E-state index contributed by atoms with van der Waals surface area (Å²) in [6.07, 6.45) is 6.26. The first-order chi connectivity index (χ1) is 12.2. The van der Waals surface area contributed by atoms with Crippen LogP contribution < -0.4 is 4.74 Å². The van der Waals surface area contributed by atoms with Gasteiger partial charge in [-0.25, -0.2) is 0 Å². The van der Waals surface area contributed by atoms with E-state index in [1.54, 1.807) is 0 Å². The van der Waals surface area contributed by atoms with E-state index >= 15 is 0 Å². The molecule has 1 aromatic carbocycles. The fourth-order valence-corrected chi connectivity index (χ4v) is 2.88. The Kier molecular flexibility index (Phi) is 11.9. The Hall–Kier alpha value is -0.810. The van der Waals surface area contributed by atoms with Crippen molar-refractivity contribution in [1.82, 2.24) is 0 Å². The first kappa shape index (κ1) is 22.2. The fraction of sp³-hybridized carbons (Fsp3) is 0.700. The highest BCUT2D eigenvalue weighted by atomic mass is 35.5. The van der Waals surface area contributed by atoms with Gasteiger partial charge >= 0.3 is 0 Å². The Balaban J connectivity index is 2.75. The van der Waals surface area contributed by atoms with Gasteiger partial charge in [-0.2, -0.15) is 0 Å². The van der Waals surface area contributed by atoms with Crippen LogP contribution in [0.2, 0.25) is 5.02 Å². The molecule has 0 aliphatic carbocycles. The van der Waals surface area contributed by atoms with Gasteiger partial charge in [0.2, 0.25) is 0 Å². The molecule has 4 nitrogen and oxygen atoms in total. The van der Waals surface area contributed by atoms with Crippen molar-refractivity contribution >= 4 is 11.6 Å². The normalized spacial score (nSPS) is 11.7. The zero-order valence-corrected chi connectivity index (χ0v) is 16.4. The zero-order chi connectivity index (χ0) is 18.4. The number of hydrogen-bond donors (Lipinski definition) is 1. The van der Waals surface area contributed by atoms with Crippen LogP contribution in [0, 0.1) is 0 Å². The molecule has 0 bridgehead atoms. The van der Waals surface area contributed by atoms with Crippen LogP contribution in [0.4, 0.5) is 0 Å². The first-order valence-corrected chi connectivity index (χ1v) is 9.75. The monoisotopic (exact) mass is 372 g/mol. The highest BCUT2D eigenvalue weighted by molar-refractivity contribution is 6.32. The van der Waals surface area contributed by atoms with E-state index in [4.69, 9.17) is 30.9 Å². The minimum atomic E-state index is -0.367. The fourth-order valence-electron chi connectivity index (χ4n) is 2.70.